The van der Waals surface area contributed by atoms with Crippen LogP contribution in [-0.2, 0) is 28.7 Å². The van der Waals surface area contributed by atoms with Crippen LogP contribution in [0.2, 0.25) is 0 Å². The molecule has 0 heterocycles. The van der Waals surface area contributed by atoms with Gasteiger partial charge in [-0.2, -0.15) is 0 Å². The fourth-order valence-corrected chi connectivity index (χ4v) is 5.41. The molecule has 254 valence electrons. The second kappa shape index (κ2) is 20.2. The number of ether oxygens (including phenoxy) is 6. The van der Waals surface area contributed by atoms with Crippen LogP contribution in [0.5, 0.6) is 23.0 Å². The lowest BCUT2D eigenvalue weighted by Gasteiger charge is -2.19. The van der Waals surface area contributed by atoms with Gasteiger partial charge in [0, 0.05) is 51.7 Å². The Bertz CT molecular complexity index is 1440. The van der Waals surface area contributed by atoms with E-state index >= 15 is 0 Å². The van der Waals surface area contributed by atoms with Gasteiger partial charge in [-0.05, 0) is 60.7 Å². The second-order valence-corrected chi connectivity index (χ2v) is 11.7. The number of carbonyl (C=O) groups excluding carboxylic acids is 2. The van der Waals surface area contributed by atoms with Crippen LogP contribution in [-0.4, -0.2) is 85.2 Å². The first-order valence-electron chi connectivity index (χ1n) is 14.3. The molecule has 12 nitrogen and oxygen atoms in total. The quantitative estimate of drug-likeness (QED) is 0.0904. The maximum atomic E-state index is 12.2. The molecule has 3 aromatic carbocycles. The summed E-state index contributed by atoms with van der Waals surface area (Å²) >= 11 is 2.83. The molecule has 0 fully saturated rings. The molecule has 0 saturated heterocycles. The minimum atomic E-state index is -1.28. The number of esters is 2. The molecule has 0 radical (unpaired) electrons. The maximum absolute atomic E-state index is 12.2. The smallest absolute Gasteiger partial charge is 0.331 e. The maximum Gasteiger partial charge on any atom is 0.331 e. The highest BCUT2D eigenvalue weighted by Crippen LogP contribution is 2.26. The Morgan fingerprint density at radius 3 is 1.35 bits per heavy atom. The number of thioether (sulfide) groups is 2. The molecule has 3 aromatic rings. The standard InChI is InChI=1S/C34H34O12S2/c1-41-23-6-10-29(11-7-23)47-21-27(45-33(39)16-14-31(35)36)19-43-25-4-3-5-26(18-25)44-20-28(46-34(40)17-15-32(37)38)22-48-30-12-8-24(42-2)9-13-30/h3-18,27-28H,19-22H2,1-2H3,(H,35,36)(H,37,38)/b16-14-,17-15-. The Kier molecular flexibility index (Phi) is 15.7. The number of aliphatic carboxylic acids is 2. The Morgan fingerprint density at radius 2 is 1.00 bits per heavy atom. The largest absolute Gasteiger partial charge is 0.497 e. The van der Waals surface area contributed by atoms with E-state index < -0.39 is 36.1 Å². The Morgan fingerprint density at radius 1 is 0.604 bits per heavy atom. The predicted molar refractivity (Wildman–Crippen MR) is 178 cm³/mol. The normalized spacial score (nSPS) is 12.2. The zero-order chi connectivity index (χ0) is 34.7. The average Bonchev–Trinajstić information content (AvgIpc) is 3.09. The van der Waals surface area contributed by atoms with Crippen molar-refractivity contribution in [3.8, 4) is 23.0 Å². The summed E-state index contributed by atoms with van der Waals surface area (Å²) in [6.45, 7) is -0.0954. The molecule has 2 atom stereocenters. The fourth-order valence-electron chi connectivity index (χ4n) is 3.67. The third kappa shape index (κ3) is 14.6. The summed E-state index contributed by atoms with van der Waals surface area (Å²) in [5.41, 5.74) is 0. The number of carboxylic acid groups (broad SMARTS) is 2. The van der Waals surface area contributed by atoms with E-state index in [-0.39, 0.29) is 13.2 Å². The Balaban J connectivity index is 1.64. The topological polar surface area (TPSA) is 164 Å². The molecule has 0 aliphatic heterocycles. The van der Waals surface area contributed by atoms with Crippen molar-refractivity contribution in [3.63, 3.8) is 0 Å². The van der Waals surface area contributed by atoms with Gasteiger partial charge >= 0.3 is 23.9 Å². The van der Waals surface area contributed by atoms with E-state index in [2.05, 4.69) is 0 Å². The monoisotopic (exact) mass is 698 g/mol. The van der Waals surface area contributed by atoms with Crippen molar-refractivity contribution in [1.29, 1.82) is 0 Å². The molecule has 3 rings (SSSR count). The molecule has 48 heavy (non-hydrogen) atoms. The number of rotatable bonds is 20. The van der Waals surface area contributed by atoms with Crippen molar-refractivity contribution >= 4 is 47.4 Å². The number of hydrogen-bond acceptors (Lipinski definition) is 12. The van der Waals surface area contributed by atoms with Crippen molar-refractivity contribution in [3.05, 3.63) is 97.1 Å². The van der Waals surface area contributed by atoms with Crippen molar-refractivity contribution in [1.82, 2.24) is 0 Å². The highest BCUT2D eigenvalue weighted by molar-refractivity contribution is 7.99. The number of benzene rings is 3. The minimum absolute atomic E-state index is 0.0477. The number of carboxylic acids is 2. The molecule has 0 aromatic heterocycles. The third-order valence-corrected chi connectivity index (χ3v) is 8.25. The van der Waals surface area contributed by atoms with Crippen LogP contribution in [0.3, 0.4) is 0 Å². The van der Waals surface area contributed by atoms with Gasteiger partial charge in [-0.1, -0.05) is 6.07 Å². The molecular formula is C34H34O12S2. The molecule has 0 saturated carbocycles. The van der Waals surface area contributed by atoms with Crippen LogP contribution in [0.25, 0.3) is 0 Å². The van der Waals surface area contributed by atoms with Crippen LogP contribution < -0.4 is 18.9 Å². The van der Waals surface area contributed by atoms with Crippen LogP contribution in [0.4, 0.5) is 0 Å². The van der Waals surface area contributed by atoms with Gasteiger partial charge in [-0.25, -0.2) is 19.2 Å². The van der Waals surface area contributed by atoms with E-state index in [1.807, 2.05) is 24.3 Å². The third-order valence-electron chi connectivity index (χ3n) is 5.96. The Hall–Kier alpha value is -5.08. The van der Waals surface area contributed by atoms with Crippen LogP contribution in [0.15, 0.2) is 107 Å². The number of methoxy groups -OCH3 is 2. The predicted octanol–water partition coefficient (Wildman–Crippen LogP) is 5.15. The van der Waals surface area contributed by atoms with Gasteiger partial charge in [-0.15, -0.1) is 23.5 Å². The van der Waals surface area contributed by atoms with E-state index in [4.69, 9.17) is 38.6 Å². The van der Waals surface area contributed by atoms with E-state index in [0.717, 1.165) is 21.9 Å². The van der Waals surface area contributed by atoms with Gasteiger partial charge in [0.25, 0.3) is 0 Å². The summed E-state index contributed by atoms with van der Waals surface area (Å²) < 4.78 is 33.1. The average molecular weight is 699 g/mol. The van der Waals surface area contributed by atoms with Crippen molar-refractivity contribution in [2.24, 2.45) is 0 Å². The summed E-state index contributed by atoms with van der Waals surface area (Å²) in [5, 5.41) is 17.7. The highest BCUT2D eigenvalue weighted by Gasteiger charge is 2.18. The lowest BCUT2D eigenvalue weighted by atomic mass is 10.3. The highest BCUT2D eigenvalue weighted by atomic mass is 32.2. The first-order valence-corrected chi connectivity index (χ1v) is 16.2. The van der Waals surface area contributed by atoms with Crippen molar-refractivity contribution < 1.29 is 57.8 Å². The van der Waals surface area contributed by atoms with Gasteiger partial charge in [0.1, 0.15) is 48.4 Å². The second-order valence-electron chi connectivity index (χ2n) is 9.53. The molecule has 2 N–H and O–H groups in total. The van der Waals surface area contributed by atoms with Gasteiger partial charge < -0.3 is 38.6 Å². The van der Waals surface area contributed by atoms with Crippen LogP contribution in [0.1, 0.15) is 0 Å². The first-order chi connectivity index (χ1) is 23.1. The summed E-state index contributed by atoms with van der Waals surface area (Å²) in [4.78, 5) is 47.9. The van der Waals surface area contributed by atoms with Gasteiger partial charge in [0.15, 0.2) is 0 Å². The molecule has 0 spiro atoms. The zero-order valence-electron chi connectivity index (χ0n) is 26.0. The molecule has 0 amide bonds. The number of carbonyl (C=O) groups is 4. The van der Waals surface area contributed by atoms with Crippen LogP contribution in [0, 0.1) is 0 Å². The molecule has 0 bridgehead atoms. The van der Waals surface area contributed by atoms with Gasteiger partial charge in [0.2, 0.25) is 0 Å². The van der Waals surface area contributed by atoms with Gasteiger partial charge in [0.05, 0.1) is 14.2 Å². The molecule has 14 heteroatoms. The van der Waals surface area contributed by atoms with Crippen LogP contribution >= 0.6 is 23.5 Å². The van der Waals surface area contributed by atoms with Gasteiger partial charge in [-0.3, -0.25) is 0 Å². The fraction of sp³-hybridized carbons (Fsp3) is 0.235. The molecule has 2 unspecified atom stereocenters. The summed E-state index contributed by atoms with van der Waals surface area (Å²) in [7, 11) is 3.14. The van der Waals surface area contributed by atoms with Crippen molar-refractivity contribution in [2.45, 2.75) is 22.0 Å². The minimum Gasteiger partial charge on any atom is -0.497 e. The van der Waals surface area contributed by atoms with E-state index in [0.29, 0.717) is 46.7 Å². The lowest BCUT2D eigenvalue weighted by Crippen LogP contribution is -2.27. The SMILES string of the molecule is COc1ccc(SCC(COc2cccc(OCC(CSc3ccc(OC)cc3)OC(=O)/C=C\C(=O)O)c2)OC(=O)/C=C\C(=O)O)cc1. The zero-order valence-corrected chi connectivity index (χ0v) is 27.6. The van der Waals surface area contributed by atoms with Crippen molar-refractivity contribution in [2.75, 3.05) is 38.9 Å². The van der Waals surface area contributed by atoms with E-state index in [1.165, 1.54) is 23.5 Å². The molecular weight excluding hydrogens is 664 g/mol. The van der Waals surface area contributed by atoms with E-state index in [9.17, 15) is 19.2 Å². The lowest BCUT2D eigenvalue weighted by molar-refractivity contribution is -0.144. The summed E-state index contributed by atoms with van der Waals surface area (Å²) in [6.07, 6.45) is 1.56. The molecule has 0 aliphatic carbocycles. The number of hydrogen-bond donors (Lipinski definition) is 2. The van der Waals surface area contributed by atoms with E-state index in [1.54, 1.807) is 62.8 Å². The Labute approximate surface area is 285 Å². The summed E-state index contributed by atoms with van der Waals surface area (Å²) in [6, 6.07) is 21.3. The first kappa shape index (κ1) is 37.4. The molecule has 0 aliphatic rings. The summed E-state index contributed by atoms with van der Waals surface area (Å²) in [5.74, 6) is -1.41.